The summed E-state index contributed by atoms with van der Waals surface area (Å²) >= 11 is 0. The number of aryl methyl sites for hydroxylation is 1. The first-order valence-corrected chi connectivity index (χ1v) is 7.45. The van der Waals surface area contributed by atoms with Crippen LogP contribution in [0.15, 0.2) is 30.6 Å². The Kier molecular flexibility index (Phi) is 4.01. The second-order valence-corrected chi connectivity index (χ2v) is 5.25. The van der Waals surface area contributed by atoms with E-state index in [1.807, 2.05) is 26.0 Å². The molecule has 2 heterocycles. The Labute approximate surface area is 134 Å². The van der Waals surface area contributed by atoms with E-state index in [9.17, 15) is 5.11 Å². The third-order valence-electron chi connectivity index (χ3n) is 3.73. The van der Waals surface area contributed by atoms with Crippen molar-refractivity contribution in [1.82, 2.24) is 19.6 Å². The Morgan fingerprint density at radius 2 is 2.17 bits per heavy atom. The van der Waals surface area contributed by atoms with Crippen LogP contribution in [0.4, 0.5) is 5.82 Å². The zero-order valence-corrected chi connectivity index (χ0v) is 13.3. The fraction of sp³-hybridized carbons (Fsp3) is 0.312. The van der Waals surface area contributed by atoms with Gasteiger partial charge in [-0.25, -0.2) is 4.98 Å². The maximum absolute atomic E-state index is 10.1. The van der Waals surface area contributed by atoms with Crippen molar-refractivity contribution in [2.24, 2.45) is 0 Å². The zero-order chi connectivity index (χ0) is 16.4. The molecule has 7 heteroatoms. The van der Waals surface area contributed by atoms with Crippen LogP contribution in [-0.4, -0.2) is 31.8 Å². The lowest BCUT2D eigenvalue weighted by molar-refractivity contribution is 0.410. The standard InChI is InChI=1S/C16H19N5O2/c1-4-11-7-15(21-16(20-11)17-9-18-21)19-10(2)13-8-12(23-3)5-6-14(13)22/h5-10,19,22H,4H2,1-3H3. The van der Waals surface area contributed by atoms with Crippen LogP contribution in [0.2, 0.25) is 0 Å². The van der Waals surface area contributed by atoms with Crippen LogP contribution >= 0.6 is 0 Å². The minimum atomic E-state index is -0.149. The predicted molar refractivity (Wildman–Crippen MR) is 86.9 cm³/mol. The molecule has 7 nitrogen and oxygen atoms in total. The van der Waals surface area contributed by atoms with Gasteiger partial charge in [-0.2, -0.15) is 14.6 Å². The quantitative estimate of drug-likeness (QED) is 0.753. The fourth-order valence-corrected chi connectivity index (χ4v) is 2.45. The van der Waals surface area contributed by atoms with Gasteiger partial charge in [0.25, 0.3) is 5.78 Å². The van der Waals surface area contributed by atoms with Gasteiger partial charge in [0.05, 0.1) is 13.2 Å². The summed E-state index contributed by atoms with van der Waals surface area (Å²) in [5.41, 5.74) is 1.67. The Morgan fingerprint density at radius 1 is 1.35 bits per heavy atom. The Balaban J connectivity index is 1.97. The van der Waals surface area contributed by atoms with E-state index >= 15 is 0 Å². The van der Waals surface area contributed by atoms with E-state index in [0.29, 0.717) is 11.5 Å². The van der Waals surface area contributed by atoms with Crippen molar-refractivity contribution in [2.45, 2.75) is 26.3 Å². The number of hydrogen-bond donors (Lipinski definition) is 2. The highest BCUT2D eigenvalue weighted by molar-refractivity contribution is 5.49. The zero-order valence-electron chi connectivity index (χ0n) is 13.3. The van der Waals surface area contributed by atoms with E-state index in [2.05, 4.69) is 20.4 Å². The number of phenols is 1. The van der Waals surface area contributed by atoms with Gasteiger partial charge in [-0.3, -0.25) is 0 Å². The van der Waals surface area contributed by atoms with Gasteiger partial charge in [0, 0.05) is 17.3 Å². The number of anilines is 1. The molecule has 0 fully saturated rings. The molecule has 2 aromatic heterocycles. The molecule has 1 unspecified atom stereocenters. The molecule has 0 aliphatic carbocycles. The van der Waals surface area contributed by atoms with Crippen LogP contribution in [0.1, 0.15) is 31.1 Å². The third kappa shape index (κ3) is 2.90. The van der Waals surface area contributed by atoms with Crippen molar-refractivity contribution in [3.63, 3.8) is 0 Å². The van der Waals surface area contributed by atoms with E-state index in [1.165, 1.54) is 6.33 Å². The van der Waals surface area contributed by atoms with Crippen molar-refractivity contribution >= 4 is 11.6 Å². The number of ether oxygens (including phenoxy) is 1. The summed E-state index contributed by atoms with van der Waals surface area (Å²) in [5, 5.41) is 17.7. The summed E-state index contributed by atoms with van der Waals surface area (Å²) < 4.78 is 6.87. The molecule has 1 atom stereocenters. The molecule has 1 aromatic carbocycles. The molecule has 3 aromatic rings. The van der Waals surface area contributed by atoms with Crippen molar-refractivity contribution in [3.05, 3.63) is 41.9 Å². The van der Waals surface area contributed by atoms with Gasteiger partial charge in [0.2, 0.25) is 0 Å². The van der Waals surface area contributed by atoms with E-state index in [-0.39, 0.29) is 11.8 Å². The first kappa shape index (κ1) is 15.1. The van der Waals surface area contributed by atoms with Crippen molar-refractivity contribution in [3.8, 4) is 11.5 Å². The lowest BCUT2D eigenvalue weighted by Crippen LogP contribution is -2.12. The number of nitrogens with one attached hydrogen (secondary N) is 1. The number of hydrogen-bond acceptors (Lipinski definition) is 6. The van der Waals surface area contributed by atoms with Crippen LogP contribution in [0.5, 0.6) is 11.5 Å². The predicted octanol–water partition coefficient (Wildman–Crippen LogP) is 2.57. The average Bonchev–Trinajstić information content (AvgIpc) is 3.03. The fourth-order valence-electron chi connectivity index (χ4n) is 2.45. The first-order chi connectivity index (χ1) is 11.1. The van der Waals surface area contributed by atoms with E-state index < -0.39 is 0 Å². The topological polar surface area (TPSA) is 84.6 Å². The highest BCUT2D eigenvalue weighted by atomic mass is 16.5. The van der Waals surface area contributed by atoms with Gasteiger partial charge < -0.3 is 15.2 Å². The average molecular weight is 313 g/mol. The second-order valence-electron chi connectivity index (χ2n) is 5.25. The molecule has 0 saturated heterocycles. The number of phenolic OH excluding ortho intramolecular Hbond substituents is 1. The Morgan fingerprint density at radius 3 is 2.91 bits per heavy atom. The van der Waals surface area contributed by atoms with Crippen LogP contribution in [-0.2, 0) is 6.42 Å². The number of methoxy groups -OCH3 is 1. The molecule has 3 rings (SSSR count). The first-order valence-electron chi connectivity index (χ1n) is 7.45. The number of rotatable bonds is 5. The molecule has 0 aliphatic heterocycles. The summed E-state index contributed by atoms with van der Waals surface area (Å²) in [6, 6.07) is 6.96. The van der Waals surface area contributed by atoms with Gasteiger partial charge >= 0.3 is 0 Å². The van der Waals surface area contributed by atoms with Gasteiger partial charge in [-0.15, -0.1) is 0 Å². The molecule has 2 N–H and O–H groups in total. The lowest BCUT2D eigenvalue weighted by atomic mass is 10.1. The molecule has 0 spiro atoms. The van der Waals surface area contributed by atoms with Gasteiger partial charge in [0.15, 0.2) is 0 Å². The number of aromatic nitrogens is 4. The van der Waals surface area contributed by atoms with E-state index in [1.54, 1.807) is 23.8 Å². The Hall–Kier alpha value is -2.83. The van der Waals surface area contributed by atoms with Crippen LogP contribution in [0, 0.1) is 0 Å². The summed E-state index contributed by atoms with van der Waals surface area (Å²) in [4.78, 5) is 8.56. The molecule has 0 aliphatic rings. The maximum atomic E-state index is 10.1. The highest BCUT2D eigenvalue weighted by Crippen LogP contribution is 2.30. The molecule has 0 saturated carbocycles. The molecule has 0 radical (unpaired) electrons. The lowest BCUT2D eigenvalue weighted by Gasteiger charge is -2.18. The van der Waals surface area contributed by atoms with Crippen LogP contribution in [0.25, 0.3) is 5.78 Å². The summed E-state index contributed by atoms with van der Waals surface area (Å²) in [7, 11) is 1.60. The van der Waals surface area contributed by atoms with Gasteiger partial charge in [-0.1, -0.05) is 6.92 Å². The summed E-state index contributed by atoms with van der Waals surface area (Å²) in [6.07, 6.45) is 2.28. The Bertz CT molecular complexity index is 830. The molecule has 0 bridgehead atoms. The summed E-state index contributed by atoms with van der Waals surface area (Å²) in [5.74, 6) is 2.24. The molecule has 120 valence electrons. The number of aromatic hydroxyl groups is 1. The summed E-state index contributed by atoms with van der Waals surface area (Å²) in [6.45, 7) is 4.00. The van der Waals surface area contributed by atoms with Gasteiger partial charge in [0.1, 0.15) is 23.6 Å². The second kappa shape index (κ2) is 6.12. The molecular weight excluding hydrogens is 294 g/mol. The van der Waals surface area contributed by atoms with E-state index in [4.69, 9.17) is 4.74 Å². The minimum absolute atomic E-state index is 0.149. The molecule has 23 heavy (non-hydrogen) atoms. The number of benzene rings is 1. The highest BCUT2D eigenvalue weighted by Gasteiger charge is 2.14. The smallest absolute Gasteiger partial charge is 0.254 e. The van der Waals surface area contributed by atoms with Crippen molar-refractivity contribution < 1.29 is 9.84 Å². The van der Waals surface area contributed by atoms with E-state index in [0.717, 1.165) is 23.5 Å². The maximum Gasteiger partial charge on any atom is 0.254 e. The van der Waals surface area contributed by atoms with Crippen molar-refractivity contribution in [1.29, 1.82) is 0 Å². The van der Waals surface area contributed by atoms with Gasteiger partial charge in [-0.05, 0) is 31.5 Å². The SMILES string of the molecule is CCc1cc(NC(C)c2cc(OC)ccc2O)n2ncnc2n1. The monoisotopic (exact) mass is 313 g/mol. The normalized spacial score (nSPS) is 12.3. The minimum Gasteiger partial charge on any atom is -0.508 e. The van der Waals surface area contributed by atoms with Crippen LogP contribution in [0.3, 0.4) is 0 Å². The number of nitrogens with zero attached hydrogens (tertiary/aromatic N) is 4. The van der Waals surface area contributed by atoms with Crippen molar-refractivity contribution in [2.75, 3.05) is 12.4 Å². The number of fused-ring (bicyclic) bond motifs is 1. The third-order valence-corrected chi connectivity index (χ3v) is 3.73. The molecular formula is C16H19N5O2. The molecule has 0 amide bonds. The van der Waals surface area contributed by atoms with Crippen LogP contribution < -0.4 is 10.1 Å². The largest absolute Gasteiger partial charge is 0.508 e.